The van der Waals surface area contributed by atoms with Crippen molar-refractivity contribution in [2.75, 3.05) is 39.6 Å². The fraction of sp³-hybridized carbons (Fsp3) is 0.949. The van der Waals surface area contributed by atoms with Gasteiger partial charge in [-0.1, -0.05) is 363 Å². The lowest BCUT2D eigenvalue weighted by molar-refractivity contribution is -0.161. The number of aliphatic hydroxyl groups excluding tert-OH is 1. The van der Waals surface area contributed by atoms with Crippen LogP contribution >= 0.6 is 15.6 Å². The van der Waals surface area contributed by atoms with Crippen molar-refractivity contribution in [2.45, 2.75) is 432 Å². The molecule has 0 amide bonds. The summed E-state index contributed by atoms with van der Waals surface area (Å²) >= 11 is 0. The van der Waals surface area contributed by atoms with E-state index in [0.717, 1.165) is 108 Å². The molecular formula is C79H154O17P2. The van der Waals surface area contributed by atoms with Crippen LogP contribution in [0.15, 0.2) is 0 Å². The van der Waals surface area contributed by atoms with Crippen LogP contribution in [-0.4, -0.2) is 96.7 Å². The quantitative estimate of drug-likeness (QED) is 0.0222. The number of rotatable bonds is 78. The van der Waals surface area contributed by atoms with Gasteiger partial charge in [0.25, 0.3) is 0 Å². The van der Waals surface area contributed by atoms with E-state index in [1.165, 1.54) is 225 Å². The molecule has 0 aliphatic heterocycles. The molecule has 0 heterocycles. The Morgan fingerprint density at radius 1 is 0.286 bits per heavy atom. The summed E-state index contributed by atoms with van der Waals surface area (Å²) in [6.45, 7) is 9.69. The maximum Gasteiger partial charge on any atom is 0.472 e. The molecule has 17 nitrogen and oxygen atoms in total. The standard InChI is InChI=1S/C79H154O17P2/c1-7-11-13-15-17-19-20-21-29-32-39-45-51-57-63-78(83)95-74(67-89-76(81)61-55-49-43-18-16-14-12-8-2)69-93-97(85,86)91-65-73(80)66-92-98(87,88)94-70-75(68-90-77(82)62-56-50-44-38-35-34-37-42-48-54-60-72(6)10-4)96-79(84)64-58-52-46-40-33-30-27-25-23-22-24-26-28-31-36-41-47-53-59-71(5)9-3/h71-75,80H,7-70H2,1-6H3,(H,85,86)(H,87,88)/t71?,72?,73-,74+,75+/m0/s1. The topological polar surface area (TPSA) is 237 Å². The number of unbranched alkanes of at least 4 members (excludes halogenated alkanes) is 46. The number of aliphatic hydroxyl groups is 1. The molecule has 0 aromatic heterocycles. The van der Waals surface area contributed by atoms with Crippen molar-refractivity contribution in [3.63, 3.8) is 0 Å². The molecule has 7 atom stereocenters. The first-order valence-electron chi connectivity index (χ1n) is 41.1. The van der Waals surface area contributed by atoms with Gasteiger partial charge in [-0.15, -0.1) is 0 Å². The van der Waals surface area contributed by atoms with Gasteiger partial charge in [-0.05, 0) is 37.5 Å². The lowest BCUT2D eigenvalue weighted by atomic mass is 9.99. The van der Waals surface area contributed by atoms with Crippen LogP contribution in [0.3, 0.4) is 0 Å². The molecule has 0 radical (unpaired) electrons. The van der Waals surface area contributed by atoms with Crippen molar-refractivity contribution in [1.29, 1.82) is 0 Å². The third-order valence-corrected chi connectivity index (χ3v) is 21.1. The van der Waals surface area contributed by atoms with Gasteiger partial charge in [-0.2, -0.15) is 0 Å². The minimum Gasteiger partial charge on any atom is -0.462 e. The zero-order chi connectivity index (χ0) is 72.1. The number of carbonyl (C=O) groups is 4. The maximum atomic E-state index is 13.1. The molecule has 582 valence electrons. The smallest absolute Gasteiger partial charge is 0.462 e. The first kappa shape index (κ1) is 96.1. The molecule has 0 spiro atoms. The molecule has 4 unspecified atom stereocenters. The second-order valence-corrected chi connectivity index (χ2v) is 31.8. The highest BCUT2D eigenvalue weighted by Crippen LogP contribution is 2.45. The summed E-state index contributed by atoms with van der Waals surface area (Å²) in [7, 11) is -9.91. The molecule has 0 aromatic rings. The van der Waals surface area contributed by atoms with Crippen molar-refractivity contribution in [3.8, 4) is 0 Å². The number of phosphoric acid groups is 2. The van der Waals surface area contributed by atoms with Crippen LogP contribution in [0.1, 0.15) is 414 Å². The van der Waals surface area contributed by atoms with Crippen LogP contribution in [0.5, 0.6) is 0 Å². The van der Waals surface area contributed by atoms with Crippen molar-refractivity contribution < 1.29 is 80.2 Å². The number of hydrogen-bond donors (Lipinski definition) is 3. The van der Waals surface area contributed by atoms with E-state index in [-0.39, 0.29) is 25.7 Å². The first-order valence-corrected chi connectivity index (χ1v) is 44.1. The monoisotopic (exact) mass is 1440 g/mol. The Bertz CT molecular complexity index is 1890. The van der Waals surface area contributed by atoms with Crippen LogP contribution in [0.25, 0.3) is 0 Å². The third kappa shape index (κ3) is 69.8. The zero-order valence-electron chi connectivity index (χ0n) is 64.1. The summed E-state index contributed by atoms with van der Waals surface area (Å²) in [6, 6.07) is 0. The molecule has 0 saturated heterocycles. The van der Waals surface area contributed by atoms with Gasteiger partial charge >= 0.3 is 39.5 Å². The van der Waals surface area contributed by atoms with Crippen molar-refractivity contribution in [1.82, 2.24) is 0 Å². The maximum absolute atomic E-state index is 13.1. The highest BCUT2D eigenvalue weighted by atomic mass is 31.2. The van der Waals surface area contributed by atoms with Crippen molar-refractivity contribution in [2.24, 2.45) is 11.8 Å². The molecule has 0 aliphatic carbocycles. The van der Waals surface area contributed by atoms with E-state index >= 15 is 0 Å². The van der Waals surface area contributed by atoms with E-state index < -0.39 is 97.5 Å². The van der Waals surface area contributed by atoms with E-state index in [0.29, 0.717) is 25.7 Å². The van der Waals surface area contributed by atoms with E-state index in [4.69, 9.17) is 37.0 Å². The van der Waals surface area contributed by atoms with Gasteiger partial charge in [0.15, 0.2) is 12.2 Å². The summed E-state index contributed by atoms with van der Waals surface area (Å²) in [6.07, 6.45) is 59.6. The largest absolute Gasteiger partial charge is 0.472 e. The number of carbonyl (C=O) groups excluding carboxylic acids is 4. The second kappa shape index (κ2) is 70.7. The van der Waals surface area contributed by atoms with E-state index in [1.54, 1.807) is 0 Å². The molecule has 0 saturated carbocycles. The predicted octanol–water partition coefficient (Wildman–Crippen LogP) is 23.5. The Hall–Kier alpha value is -1.94. The molecule has 19 heteroatoms. The van der Waals surface area contributed by atoms with E-state index in [1.807, 2.05) is 0 Å². The SMILES string of the molecule is CCCCCCCCCCCCCCCCC(=O)O[C@H](COC(=O)CCCCCCCCCC)COP(=O)(O)OC[C@H](O)COP(=O)(O)OC[C@@H](COC(=O)CCCCCCCCCCCCC(C)CC)OC(=O)CCCCCCCCCCCCCCCCCCCCC(C)CC. The summed E-state index contributed by atoms with van der Waals surface area (Å²) in [5, 5.41) is 10.6. The fourth-order valence-corrected chi connectivity index (χ4v) is 13.7. The summed E-state index contributed by atoms with van der Waals surface area (Å²) in [4.78, 5) is 72.8. The van der Waals surface area contributed by atoms with Crippen LogP contribution in [0.4, 0.5) is 0 Å². The molecule has 0 aliphatic rings. The van der Waals surface area contributed by atoms with Crippen LogP contribution in [-0.2, 0) is 65.4 Å². The summed E-state index contributed by atoms with van der Waals surface area (Å²) < 4.78 is 68.6. The van der Waals surface area contributed by atoms with E-state index in [2.05, 4.69) is 41.5 Å². The Morgan fingerprint density at radius 3 is 0.724 bits per heavy atom. The Balaban J connectivity index is 5.18. The molecular weight excluding hydrogens is 1280 g/mol. The van der Waals surface area contributed by atoms with Gasteiger partial charge in [-0.3, -0.25) is 37.3 Å². The number of phosphoric ester groups is 2. The Kier molecular flexibility index (Phi) is 69.3. The normalized spacial score (nSPS) is 14.5. The van der Waals surface area contributed by atoms with E-state index in [9.17, 15) is 43.2 Å². The number of ether oxygens (including phenoxy) is 4. The van der Waals surface area contributed by atoms with Crippen LogP contribution < -0.4 is 0 Å². The molecule has 0 bridgehead atoms. The zero-order valence-corrected chi connectivity index (χ0v) is 65.9. The fourth-order valence-electron chi connectivity index (χ4n) is 12.1. The minimum absolute atomic E-state index is 0.108. The lowest BCUT2D eigenvalue weighted by Gasteiger charge is -2.21. The van der Waals surface area contributed by atoms with Gasteiger partial charge in [0.1, 0.15) is 19.3 Å². The summed E-state index contributed by atoms with van der Waals surface area (Å²) in [5.41, 5.74) is 0. The van der Waals surface area contributed by atoms with Gasteiger partial charge in [0, 0.05) is 25.7 Å². The number of esters is 4. The molecule has 0 rings (SSSR count). The Morgan fingerprint density at radius 2 is 0.490 bits per heavy atom. The molecule has 0 fully saturated rings. The third-order valence-electron chi connectivity index (χ3n) is 19.2. The van der Waals surface area contributed by atoms with Gasteiger partial charge in [-0.25, -0.2) is 9.13 Å². The predicted molar refractivity (Wildman–Crippen MR) is 400 cm³/mol. The van der Waals surface area contributed by atoms with Crippen LogP contribution in [0.2, 0.25) is 0 Å². The average Bonchev–Trinajstić information content (AvgIpc) is 1.23. The lowest BCUT2D eigenvalue weighted by Crippen LogP contribution is -2.30. The van der Waals surface area contributed by atoms with Gasteiger partial charge in [0.2, 0.25) is 0 Å². The average molecular weight is 1440 g/mol. The first-order chi connectivity index (χ1) is 47.4. The molecule has 3 N–H and O–H groups in total. The minimum atomic E-state index is -4.96. The van der Waals surface area contributed by atoms with Crippen molar-refractivity contribution >= 4 is 39.5 Å². The summed E-state index contributed by atoms with van der Waals surface area (Å²) in [5.74, 6) is -0.433. The molecule has 0 aromatic carbocycles. The second-order valence-electron chi connectivity index (χ2n) is 28.9. The van der Waals surface area contributed by atoms with Crippen LogP contribution in [0, 0.1) is 11.8 Å². The number of hydrogen-bond acceptors (Lipinski definition) is 15. The highest BCUT2D eigenvalue weighted by molar-refractivity contribution is 7.47. The van der Waals surface area contributed by atoms with Gasteiger partial charge in [0.05, 0.1) is 26.4 Å². The van der Waals surface area contributed by atoms with Gasteiger partial charge < -0.3 is 33.8 Å². The van der Waals surface area contributed by atoms with Crippen molar-refractivity contribution in [3.05, 3.63) is 0 Å². The highest BCUT2D eigenvalue weighted by Gasteiger charge is 2.30. The Labute approximate surface area is 600 Å². The molecule has 98 heavy (non-hydrogen) atoms.